The number of hydrogen-bond acceptors (Lipinski definition) is 2. The van der Waals surface area contributed by atoms with Gasteiger partial charge in [0.15, 0.2) is 0 Å². The zero-order valence-corrected chi connectivity index (χ0v) is 9.79. The van der Waals surface area contributed by atoms with Gasteiger partial charge in [-0.2, -0.15) is 13.2 Å². The molecule has 2 N–H and O–H groups in total. The number of ether oxygens (including phenoxy) is 1. The average Bonchev–Trinajstić information content (AvgIpc) is 2.24. The molecule has 0 aromatic heterocycles. The summed E-state index contributed by atoms with van der Waals surface area (Å²) < 4.78 is 43.8. The molecule has 2 nitrogen and oxygen atoms in total. The summed E-state index contributed by atoms with van der Waals surface area (Å²) in [7, 11) is 0. The van der Waals surface area contributed by atoms with Crippen LogP contribution >= 0.6 is 0 Å². The van der Waals surface area contributed by atoms with Crippen LogP contribution in [0.1, 0.15) is 31.1 Å². The van der Waals surface area contributed by atoms with Crippen molar-refractivity contribution in [3.8, 4) is 0 Å². The molecule has 0 heterocycles. The topological polar surface area (TPSA) is 35.2 Å². The van der Waals surface area contributed by atoms with Gasteiger partial charge in [-0.25, -0.2) is 0 Å². The molecule has 1 rings (SSSR count). The Morgan fingerprint density at radius 2 is 1.82 bits per heavy atom. The lowest BCUT2D eigenvalue weighted by atomic mass is 10.0. The van der Waals surface area contributed by atoms with E-state index in [1.807, 2.05) is 0 Å². The standard InChI is InChI=1S/C12H16F3NO/c1-8(2)17-11(7-16)9-5-3-4-6-10(9)12(13,14)15/h3-6,8,11H,7,16H2,1-2H3/t11-/m0/s1. The van der Waals surface area contributed by atoms with E-state index in [0.717, 1.165) is 6.07 Å². The van der Waals surface area contributed by atoms with E-state index in [-0.39, 0.29) is 18.2 Å². The summed E-state index contributed by atoms with van der Waals surface area (Å²) >= 11 is 0. The van der Waals surface area contributed by atoms with E-state index in [2.05, 4.69) is 0 Å². The van der Waals surface area contributed by atoms with Crippen molar-refractivity contribution in [1.29, 1.82) is 0 Å². The second-order valence-corrected chi connectivity index (χ2v) is 3.99. The van der Waals surface area contributed by atoms with Crippen molar-refractivity contribution in [2.75, 3.05) is 6.54 Å². The molecule has 1 atom stereocenters. The minimum absolute atomic E-state index is 0.0191. The first-order valence-corrected chi connectivity index (χ1v) is 5.38. The predicted octanol–water partition coefficient (Wildman–Crippen LogP) is 3.13. The molecule has 96 valence electrons. The maximum absolute atomic E-state index is 12.8. The van der Waals surface area contributed by atoms with Crippen LogP contribution in [0.4, 0.5) is 13.2 Å². The van der Waals surface area contributed by atoms with Gasteiger partial charge in [-0.05, 0) is 25.5 Å². The summed E-state index contributed by atoms with van der Waals surface area (Å²) in [6.45, 7) is 3.54. The van der Waals surface area contributed by atoms with Crippen LogP contribution < -0.4 is 5.73 Å². The lowest BCUT2D eigenvalue weighted by Crippen LogP contribution is -2.22. The Kier molecular flexibility index (Phi) is 4.54. The molecule has 0 radical (unpaired) electrons. The number of halogens is 3. The van der Waals surface area contributed by atoms with Crippen LogP contribution in [0.2, 0.25) is 0 Å². The first-order chi connectivity index (χ1) is 7.86. The van der Waals surface area contributed by atoms with Crippen LogP contribution in [0.15, 0.2) is 24.3 Å². The Balaban J connectivity index is 3.11. The van der Waals surface area contributed by atoms with E-state index >= 15 is 0 Å². The molecular formula is C12H16F3NO. The van der Waals surface area contributed by atoms with Gasteiger partial charge >= 0.3 is 6.18 Å². The van der Waals surface area contributed by atoms with Crippen molar-refractivity contribution >= 4 is 0 Å². The van der Waals surface area contributed by atoms with E-state index in [1.165, 1.54) is 12.1 Å². The second-order valence-electron chi connectivity index (χ2n) is 3.99. The van der Waals surface area contributed by atoms with Crippen LogP contribution in [-0.2, 0) is 10.9 Å². The van der Waals surface area contributed by atoms with Gasteiger partial charge < -0.3 is 10.5 Å². The monoisotopic (exact) mass is 247 g/mol. The van der Waals surface area contributed by atoms with Gasteiger partial charge in [-0.3, -0.25) is 0 Å². The maximum Gasteiger partial charge on any atom is 0.416 e. The Morgan fingerprint density at radius 3 is 2.29 bits per heavy atom. The third kappa shape index (κ3) is 3.71. The summed E-state index contributed by atoms with van der Waals surface area (Å²) in [6.07, 6.45) is -5.29. The minimum atomic E-state index is -4.38. The Labute approximate surface area is 98.6 Å². The molecule has 0 amide bonds. The van der Waals surface area contributed by atoms with Gasteiger partial charge in [0.25, 0.3) is 0 Å². The lowest BCUT2D eigenvalue weighted by molar-refractivity contribution is -0.139. The zero-order valence-electron chi connectivity index (χ0n) is 9.79. The van der Waals surface area contributed by atoms with Crippen molar-refractivity contribution in [1.82, 2.24) is 0 Å². The molecule has 0 saturated heterocycles. The predicted molar refractivity (Wildman–Crippen MR) is 59.5 cm³/mol. The Hall–Kier alpha value is -1.07. The highest BCUT2D eigenvalue weighted by Gasteiger charge is 2.35. The summed E-state index contributed by atoms with van der Waals surface area (Å²) in [6, 6.07) is 5.36. The highest BCUT2D eigenvalue weighted by atomic mass is 19.4. The largest absolute Gasteiger partial charge is 0.416 e. The summed E-state index contributed by atoms with van der Waals surface area (Å²) in [5.41, 5.74) is 4.88. The normalized spacial score (nSPS) is 14.1. The van der Waals surface area contributed by atoms with E-state index in [9.17, 15) is 13.2 Å². The van der Waals surface area contributed by atoms with Crippen LogP contribution in [-0.4, -0.2) is 12.6 Å². The molecule has 0 unspecified atom stereocenters. The molecule has 0 bridgehead atoms. The van der Waals surface area contributed by atoms with Crippen molar-refractivity contribution in [2.24, 2.45) is 5.73 Å². The summed E-state index contributed by atoms with van der Waals surface area (Å²) in [5, 5.41) is 0. The molecule has 1 aromatic rings. The highest BCUT2D eigenvalue weighted by molar-refractivity contribution is 5.31. The molecule has 0 fully saturated rings. The van der Waals surface area contributed by atoms with Crippen molar-refractivity contribution in [3.05, 3.63) is 35.4 Å². The molecule has 0 saturated carbocycles. The molecule has 0 aliphatic heterocycles. The Morgan fingerprint density at radius 1 is 1.24 bits per heavy atom. The molecule has 5 heteroatoms. The minimum Gasteiger partial charge on any atom is -0.370 e. The number of benzene rings is 1. The first-order valence-electron chi connectivity index (χ1n) is 5.38. The van der Waals surface area contributed by atoms with Gasteiger partial charge in [0.2, 0.25) is 0 Å². The zero-order chi connectivity index (χ0) is 13.1. The maximum atomic E-state index is 12.8. The fourth-order valence-electron chi connectivity index (χ4n) is 1.62. The van der Waals surface area contributed by atoms with Gasteiger partial charge in [0.1, 0.15) is 0 Å². The van der Waals surface area contributed by atoms with E-state index in [4.69, 9.17) is 10.5 Å². The van der Waals surface area contributed by atoms with Gasteiger partial charge in [-0.15, -0.1) is 0 Å². The number of rotatable bonds is 4. The number of nitrogens with two attached hydrogens (primary N) is 1. The Bertz CT molecular complexity index is 363. The number of alkyl halides is 3. The molecule has 17 heavy (non-hydrogen) atoms. The molecule has 0 aliphatic carbocycles. The fourth-order valence-corrected chi connectivity index (χ4v) is 1.62. The SMILES string of the molecule is CC(C)O[C@@H](CN)c1ccccc1C(F)(F)F. The second kappa shape index (κ2) is 5.51. The van der Waals surface area contributed by atoms with Gasteiger partial charge in [-0.1, -0.05) is 18.2 Å². The molecule has 0 spiro atoms. The van der Waals surface area contributed by atoms with Crippen LogP contribution in [0.25, 0.3) is 0 Å². The highest BCUT2D eigenvalue weighted by Crippen LogP contribution is 2.35. The van der Waals surface area contributed by atoms with E-state index in [0.29, 0.717) is 0 Å². The van der Waals surface area contributed by atoms with Crippen molar-refractivity contribution < 1.29 is 17.9 Å². The lowest BCUT2D eigenvalue weighted by Gasteiger charge is -2.22. The first kappa shape index (κ1) is 14.0. The van der Waals surface area contributed by atoms with Gasteiger partial charge in [0.05, 0.1) is 17.8 Å². The van der Waals surface area contributed by atoms with Crippen LogP contribution in [0, 0.1) is 0 Å². The third-order valence-corrected chi connectivity index (χ3v) is 2.26. The average molecular weight is 247 g/mol. The summed E-state index contributed by atoms with van der Waals surface area (Å²) in [5.74, 6) is 0. The smallest absolute Gasteiger partial charge is 0.370 e. The molecule has 1 aromatic carbocycles. The van der Waals surface area contributed by atoms with Crippen molar-refractivity contribution in [3.63, 3.8) is 0 Å². The van der Waals surface area contributed by atoms with Crippen LogP contribution in [0.5, 0.6) is 0 Å². The van der Waals surface area contributed by atoms with E-state index < -0.39 is 17.8 Å². The molecule has 0 aliphatic rings. The van der Waals surface area contributed by atoms with Crippen LogP contribution in [0.3, 0.4) is 0 Å². The summed E-state index contributed by atoms with van der Waals surface area (Å²) in [4.78, 5) is 0. The molecular weight excluding hydrogens is 231 g/mol. The van der Waals surface area contributed by atoms with Gasteiger partial charge in [0, 0.05) is 6.54 Å². The quantitative estimate of drug-likeness (QED) is 0.887. The third-order valence-electron chi connectivity index (χ3n) is 2.26. The van der Waals surface area contributed by atoms with E-state index in [1.54, 1.807) is 19.9 Å². The van der Waals surface area contributed by atoms with Crippen molar-refractivity contribution in [2.45, 2.75) is 32.2 Å². The number of hydrogen-bond donors (Lipinski definition) is 1. The fraction of sp³-hybridized carbons (Fsp3) is 0.500.